The standard InChI is InChI=1S/C32H31F6N7O2S/c1-3-22(46)43-13-17(14-43)45(4-2)28-19-10-20(32(36,37)38)23(18-6-7-21(34)27-26(18)40-29(39)48-27)24(35)25(19)41-30(42-28)47-15-31-8-5-9-44(31)12-16(33)11-31/h3,6-7,10,16-17H,1,4-5,8-9,11-15H2,2H3,(H2,39,40)/t16-,31-/m1/s1. The van der Waals surface area contributed by atoms with E-state index in [0.717, 1.165) is 36.0 Å². The highest BCUT2D eigenvalue weighted by atomic mass is 32.1. The van der Waals surface area contributed by atoms with Gasteiger partial charge in [0.1, 0.15) is 29.9 Å². The summed E-state index contributed by atoms with van der Waals surface area (Å²) in [4.78, 5) is 30.3. The number of thiazole rings is 1. The highest BCUT2D eigenvalue weighted by Crippen LogP contribution is 2.47. The zero-order chi connectivity index (χ0) is 34.1. The minimum atomic E-state index is -5.06. The lowest BCUT2D eigenvalue weighted by Crippen LogP contribution is -2.61. The summed E-state index contributed by atoms with van der Waals surface area (Å²) in [6, 6.07) is 2.12. The van der Waals surface area contributed by atoms with E-state index in [4.69, 9.17) is 10.5 Å². The number of nitrogens with two attached hydrogens (primary N) is 1. The van der Waals surface area contributed by atoms with Gasteiger partial charge in [0.05, 0.1) is 27.4 Å². The molecule has 0 unspecified atom stereocenters. The molecule has 2 N–H and O–H groups in total. The van der Waals surface area contributed by atoms with Gasteiger partial charge in [-0.1, -0.05) is 17.9 Å². The van der Waals surface area contributed by atoms with E-state index >= 15 is 4.39 Å². The number of halogens is 6. The van der Waals surface area contributed by atoms with Gasteiger partial charge in [-0.2, -0.15) is 23.1 Å². The Balaban J connectivity index is 1.41. The average Bonchev–Trinajstić information content (AvgIpc) is 3.69. The van der Waals surface area contributed by atoms with E-state index in [9.17, 15) is 26.7 Å². The molecule has 16 heteroatoms. The molecule has 3 aliphatic rings. The highest BCUT2D eigenvalue weighted by molar-refractivity contribution is 7.22. The number of hydrogen-bond acceptors (Lipinski definition) is 9. The maximum Gasteiger partial charge on any atom is 0.417 e. The van der Waals surface area contributed by atoms with Crippen LogP contribution in [0.3, 0.4) is 0 Å². The van der Waals surface area contributed by atoms with Crippen LogP contribution in [0.15, 0.2) is 30.9 Å². The summed E-state index contributed by atoms with van der Waals surface area (Å²) >= 11 is 0.735. The second-order valence-corrected chi connectivity index (χ2v) is 13.4. The van der Waals surface area contributed by atoms with Gasteiger partial charge < -0.3 is 20.3 Å². The van der Waals surface area contributed by atoms with Crippen LogP contribution in [0.4, 0.5) is 37.3 Å². The number of carbonyl (C=O) groups excluding carboxylic acids is 1. The first-order chi connectivity index (χ1) is 22.8. The summed E-state index contributed by atoms with van der Waals surface area (Å²) in [5.74, 6) is -2.40. The number of aromatic nitrogens is 3. The number of nitrogens with zero attached hydrogens (tertiary/aromatic N) is 6. The van der Waals surface area contributed by atoms with Gasteiger partial charge in [-0.15, -0.1) is 0 Å². The van der Waals surface area contributed by atoms with Gasteiger partial charge in [0.15, 0.2) is 10.9 Å². The molecule has 48 heavy (non-hydrogen) atoms. The number of benzene rings is 2. The van der Waals surface area contributed by atoms with Gasteiger partial charge in [-0.05, 0) is 50.6 Å². The minimum Gasteiger partial charge on any atom is -0.461 e. The number of nitrogen functional groups attached to an aromatic ring is 1. The molecule has 5 heterocycles. The third-order valence-electron chi connectivity index (χ3n) is 9.61. The van der Waals surface area contributed by atoms with E-state index in [1.165, 1.54) is 11.0 Å². The molecule has 0 saturated carbocycles. The smallest absolute Gasteiger partial charge is 0.417 e. The van der Waals surface area contributed by atoms with E-state index < -0.39 is 46.2 Å². The number of fused-ring (bicyclic) bond motifs is 3. The zero-order valence-corrected chi connectivity index (χ0v) is 26.6. The number of likely N-dealkylation sites (N-methyl/N-ethyl adjacent to an activating group) is 1. The van der Waals surface area contributed by atoms with Gasteiger partial charge in [0, 0.05) is 49.1 Å². The molecular formula is C32H31F6N7O2S. The number of hydrogen-bond donors (Lipinski definition) is 1. The normalized spacial score (nSPS) is 21.6. The van der Waals surface area contributed by atoms with Crippen LogP contribution in [0.25, 0.3) is 32.2 Å². The van der Waals surface area contributed by atoms with Crippen LogP contribution >= 0.6 is 11.3 Å². The summed E-state index contributed by atoms with van der Waals surface area (Å²) in [5.41, 5.74) is 2.01. The quantitative estimate of drug-likeness (QED) is 0.179. The molecule has 1 amide bonds. The molecule has 254 valence electrons. The first-order valence-electron chi connectivity index (χ1n) is 15.5. The SMILES string of the molecule is C=CC(=O)N1CC(N(CC)c2nc(OC[C@]34CCCN3C[C@H](F)C4)nc3c(F)c(-c4ccc(F)c5sc(N)nc45)c(C(F)(F)F)cc23)C1. The Morgan fingerprint density at radius 3 is 2.69 bits per heavy atom. The minimum absolute atomic E-state index is 0.00132. The summed E-state index contributed by atoms with van der Waals surface area (Å²) in [6.07, 6.45) is -3.16. The number of amides is 1. The Hall–Kier alpha value is -4.18. The molecule has 0 bridgehead atoms. The molecule has 2 atom stereocenters. The molecule has 3 aliphatic heterocycles. The Morgan fingerprint density at radius 2 is 1.98 bits per heavy atom. The fourth-order valence-electron chi connectivity index (χ4n) is 7.35. The largest absolute Gasteiger partial charge is 0.461 e. The summed E-state index contributed by atoms with van der Waals surface area (Å²) in [6.45, 7) is 6.95. The molecule has 2 aromatic heterocycles. The Labute approximate surface area is 275 Å². The second-order valence-electron chi connectivity index (χ2n) is 12.4. The number of likely N-dealkylation sites (tertiary alicyclic amines) is 1. The number of carbonyl (C=O) groups is 1. The van der Waals surface area contributed by atoms with Crippen molar-refractivity contribution in [2.24, 2.45) is 0 Å². The molecule has 7 rings (SSSR count). The molecule has 4 aromatic rings. The zero-order valence-electron chi connectivity index (χ0n) is 25.8. The van der Waals surface area contributed by atoms with Crippen LogP contribution in [0, 0.1) is 11.6 Å². The number of alkyl halides is 4. The van der Waals surface area contributed by atoms with E-state index in [1.54, 1.807) is 11.8 Å². The van der Waals surface area contributed by atoms with Crippen LogP contribution in [-0.4, -0.2) is 87.7 Å². The van der Waals surface area contributed by atoms with E-state index in [1.807, 2.05) is 4.90 Å². The van der Waals surface area contributed by atoms with Crippen molar-refractivity contribution in [3.05, 3.63) is 48.1 Å². The first-order valence-corrected chi connectivity index (χ1v) is 16.3. The third kappa shape index (κ3) is 5.29. The Kier molecular flexibility index (Phi) is 7.93. The molecule has 3 saturated heterocycles. The number of ether oxygens (including phenoxy) is 1. The van der Waals surface area contributed by atoms with Gasteiger partial charge >= 0.3 is 12.2 Å². The molecule has 0 radical (unpaired) electrons. The maximum atomic E-state index is 16.9. The second kappa shape index (κ2) is 11.8. The van der Waals surface area contributed by atoms with Crippen molar-refractivity contribution in [2.45, 2.75) is 50.1 Å². The van der Waals surface area contributed by atoms with Crippen molar-refractivity contribution in [1.29, 1.82) is 0 Å². The fourth-order valence-corrected chi connectivity index (χ4v) is 8.11. The lowest BCUT2D eigenvalue weighted by Gasteiger charge is -2.45. The number of anilines is 2. The van der Waals surface area contributed by atoms with E-state index in [0.29, 0.717) is 13.0 Å². The van der Waals surface area contributed by atoms with Crippen molar-refractivity contribution in [1.82, 2.24) is 24.8 Å². The Bertz CT molecular complexity index is 1950. The summed E-state index contributed by atoms with van der Waals surface area (Å²) < 4.78 is 96.5. The van der Waals surface area contributed by atoms with Crippen LogP contribution in [-0.2, 0) is 11.0 Å². The summed E-state index contributed by atoms with van der Waals surface area (Å²) in [7, 11) is 0. The van der Waals surface area contributed by atoms with E-state index in [2.05, 4.69) is 21.5 Å². The van der Waals surface area contributed by atoms with Crippen molar-refractivity contribution >= 4 is 49.3 Å². The number of rotatable bonds is 8. The average molecular weight is 692 g/mol. The lowest BCUT2D eigenvalue weighted by molar-refractivity contribution is -0.137. The van der Waals surface area contributed by atoms with Crippen molar-refractivity contribution in [3.63, 3.8) is 0 Å². The van der Waals surface area contributed by atoms with Crippen LogP contribution in [0.5, 0.6) is 6.01 Å². The molecule has 9 nitrogen and oxygen atoms in total. The predicted octanol–water partition coefficient (Wildman–Crippen LogP) is 5.96. The van der Waals surface area contributed by atoms with Crippen LogP contribution < -0.4 is 15.4 Å². The summed E-state index contributed by atoms with van der Waals surface area (Å²) in [5, 5.41) is -0.329. The van der Waals surface area contributed by atoms with E-state index in [-0.39, 0.29) is 89.3 Å². The molecule has 2 aromatic carbocycles. The first kappa shape index (κ1) is 32.4. The molecule has 0 aliphatic carbocycles. The predicted molar refractivity (Wildman–Crippen MR) is 170 cm³/mol. The monoisotopic (exact) mass is 691 g/mol. The maximum absolute atomic E-state index is 16.9. The fraction of sp³-hybridized carbons (Fsp3) is 0.438. The van der Waals surface area contributed by atoms with Gasteiger partial charge in [0.25, 0.3) is 0 Å². The van der Waals surface area contributed by atoms with Gasteiger partial charge in [-0.3, -0.25) is 9.69 Å². The molecule has 3 fully saturated rings. The van der Waals surface area contributed by atoms with Crippen LogP contribution in [0.2, 0.25) is 0 Å². The van der Waals surface area contributed by atoms with Crippen molar-refractivity contribution in [3.8, 4) is 17.1 Å². The Morgan fingerprint density at radius 1 is 1.21 bits per heavy atom. The lowest BCUT2D eigenvalue weighted by atomic mass is 9.94. The molecular weight excluding hydrogens is 660 g/mol. The van der Waals surface area contributed by atoms with Gasteiger partial charge in [0.2, 0.25) is 5.91 Å². The van der Waals surface area contributed by atoms with Crippen LogP contribution in [0.1, 0.15) is 31.7 Å². The van der Waals surface area contributed by atoms with Crippen molar-refractivity contribution < 1.29 is 35.9 Å². The van der Waals surface area contributed by atoms with Gasteiger partial charge in [-0.25, -0.2) is 18.2 Å². The molecule has 0 spiro atoms. The van der Waals surface area contributed by atoms with Crippen molar-refractivity contribution in [2.75, 3.05) is 50.0 Å². The topological polar surface area (TPSA) is 101 Å². The third-order valence-corrected chi connectivity index (χ3v) is 10.5. The highest BCUT2D eigenvalue weighted by Gasteiger charge is 2.49.